The molecule has 0 radical (unpaired) electrons. The van der Waals surface area contributed by atoms with Crippen LogP contribution in [0.4, 0.5) is 0 Å². The van der Waals surface area contributed by atoms with Crippen molar-refractivity contribution in [2.45, 2.75) is 65.2 Å². The molecule has 22 heavy (non-hydrogen) atoms. The smallest absolute Gasteiger partial charge is 0.119 e. The number of hydrogen-bond donors (Lipinski definition) is 0. The first-order valence-corrected chi connectivity index (χ1v) is 9.13. The van der Waals surface area contributed by atoms with Crippen LogP contribution in [0.3, 0.4) is 0 Å². The molecule has 1 aliphatic carbocycles. The van der Waals surface area contributed by atoms with Gasteiger partial charge in [0.2, 0.25) is 0 Å². The van der Waals surface area contributed by atoms with Crippen molar-refractivity contribution < 1.29 is 4.74 Å². The minimum absolute atomic E-state index is 0.361. The van der Waals surface area contributed by atoms with Crippen LogP contribution in [-0.2, 0) is 0 Å². The molecule has 2 aliphatic rings. The number of ether oxygens (including phenoxy) is 1. The fourth-order valence-corrected chi connectivity index (χ4v) is 4.01. The second-order valence-electron chi connectivity index (χ2n) is 7.61. The van der Waals surface area contributed by atoms with Gasteiger partial charge in [-0.2, -0.15) is 0 Å². The van der Waals surface area contributed by atoms with E-state index in [0.29, 0.717) is 11.3 Å². The van der Waals surface area contributed by atoms with Gasteiger partial charge < -0.3 is 4.74 Å². The Bertz CT molecular complexity index is 526. The molecule has 1 heteroatoms. The van der Waals surface area contributed by atoms with E-state index in [9.17, 15) is 0 Å². The van der Waals surface area contributed by atoms with Crippen LogP contribution in [0.1, 0.15) is 70.8 Å². The molecule has 0 spiro atoms. The second kappa shape index (κ2) is 6.89. The van der Waals surface area contributed by atoms with E-state index in [1.54, 1.807) is 5.57 Å². The first-order chi connectivity index (χ1) is 10.7. The van der Waals surface area contributed by atoms with Crippen molar-refractivity contribution in [3.05, 3.63) is 35.9 Å². The second-order valence-corrected chi connectivity index (χ2v) is 7.61. The van der Waals surface area contributed by atoms with Gasteiger partial charge in [0.15, 0.2) is 0 Å². The molecule has 1 aromatic carbocycles. The highest BCUT2D eigenvalue weighted by Crippen LogP contribution is 2.52. The first-order valence-electron chi connectivity index (χ1n) is 9.13. The van der Waals surface area contributed by atoms with E-state index in [0.717, 1.165) is 12.4 Å². The maximum absolute atomic E-state index is 5.95. The fourth-order valence-electron chi connectivity index (χ4n) is 4.01. The predicted octanol–water partition coefficient (Wildman–Crippen LogP) is 6.24. The zero-order chi connectivity index (χ0) is 15.4. The quantitative estimate of drug-likeness (QED) is 0.551. The third-order valence-corrected chi connectivity index (χ3v) is 5.37. The molecule has 1 nitrogen and oxygen atoms in total. The molecule has 0 N–H and O–H groups in total. The summed E-state index contributed by atoms with van der Waals surface area (Å²) in [6.45, 7) is 5.63. The Morgan fingerprint density at radius 2 is 1.68 bits per heavy atom. The molecule has 0 saturated carbocycles. The molecule has 0 fully saturated rings. The molecule has 1 aromatic rings. The van der Waals surface area contributed by atoms with Crippen LogP contribution in [0.2, 0.25) is 0 Å². The van der Waals surface area contributed by atoms with E-state index in [-0.39, 0.29) is 0 Å². The summed E-state index contributed by atoms with van der Waals surface area (Å²) in [6, 6.07) is 8.74. The molecular formula is C21H30O. The van der Waals surface area contributed by atoms with Crippen molar-refractivity contribution in [3.63, 3.8) is 0 Å². The molecule has 1 atom stereocenters. The fraction of sp³-hybridized carbons (Fsp3) is 0.619. The summed E-state index contributed by atoms with van der Waals surface area (Å²) in [5.74, 6) is 1.75. The zero-order valence-electron chi connectivity index (χ0n) is 14.2. The van der Waals surface area contributed by atoms with Gasteiger partial charge in [0.1, 0.15) is 5.75 Å². The standard InChI is InChI=1S/C21H30O/c1-21(2)16-19-17-11-10-12-18(15-17)22-14-9-7-5-3-4-6-8-13-20(19)21/h10-12,15-16,20H,3-9,13-14H2,1-2H3. The summed E-state index contributed by atoms with van der Waals surface area (Å²) in [4.78, 5) is 0. The summed E-state index contributed by atoms with van der Waals surface area (Å²) in [5.41, 5.74) is 3.28. The number of rotatable bonds is 0. The van der Waals surface area contributed by atoms with Gasteiger partial charge in [-0.3, -0.25) is 0 Å². The Morgan fingerprint density at radius 1 is 0.955 bits per heavy atom. The minimum Gasteiger partial charge on any atom is -0.494 e. The lowest BCUT2D eigenvalue weighted by molar-refractivity contribution is 0.289. The molecule has 120 valence electrons. The van der Waals surface area contributed by atoms with E-state index >= 15 is 0 Å². The molecule has 0 amide bonds. The van der Waals surface area contributed by atoms with E-state index in [2.05, 4.69) is 44.2 Å². The summed E-state index contributed by atoms with van der Waals surface area (Å²) >= 11 is 0. The largest absolute Gasteiger partial charge is 0.494 e. The summed E-state index contributed by atoms with van der Waals surface area (Å²) < 4.78 is 5.95. The lowest BCUT2D eigenvalue weighted by atomic mass is 9.61. The van der Waals surface area contributed by atoms with Crippen molar-refractivity contribution in [1.29, 1.82) is 0 Å². The monoisotopic (exact) mass is 298 g/mol. The molecule has 1 heterocycles. The van der Waals surface area contributed by atoms with E-state index in [4.69, 9.17) is 4.74 Å². The van der Waals surface area contributed by atoms with Gasteiger partial charge in [0.25, 0.3) is 0 Å². The van der Waals surface area contributed by atoms with Crippen LogP contribution in [-0.4, -0.2) is 6.61 Å². The van der Waals surface area contributed by atoms with Gasteiger partial charge in [-0.15, -0.1) is 0 Å². The lowest BCUT2D eigenvalue weighted by Gasteiger charge is -2.44. The molecule has 0 aromatic heterocycles. The maximum atomic E-state index is 5.95. The van der Waals surface area contributed by atoms with Crippen LogP contribution in [0, 0.1) is 11.3 Å². The van der Waals surface area contributed by atoms with Gasteiger partial charge in [0.05, 0.1) is 6.61 Å². The molecular weight excluding hydrogens is 268 g/mol. The Hall–Kier alpha value is -1.24. The molecule has 2 bridgehead atoms. The van der Waals surface area contributed by atoms with Gasteiger partial charge in [0, 0.05) is 0 Å². The molecule has 3 rings (SSSR count). The third kappa shape index (κ3) is 3.56. The van der Waals surface area contributed by atoms with Gasteiger partial charge in [-0.1, -0.05) is 70.6 Å². The Balaban J connectivity index is 1.78. The Morgan fingerprint density at radius 3 is 2.45 bits per heavy atom. The first kappa shape index (κ1) is 15.6. The topological polar surface area (TPSA) is 9.23 Å². The average Bonchev–Trinajstić information content (AvgIpc) is 2.50. The predicted molar refractivity (Wildman–Crippen MR) is 94.1 cm³/mol. The van der Waals surface area contributed by atoms with Gasteiger partial charge in [-0.05, 0) is 47.4 Å². The van der Waals surface area contributed by atoms with Crippen molar-refractivity contribution in [1.82, 2.24) is 0 Å². The van der Waals surface area contributed by atoms with E-state index in [1.807, 2.05) is 0 Å². The maximum Gasteiger partial charge on any atom is 0.119 e. The summed E-state index contributed by atoms with van der Waals surface area (Å²) in [7, 11) is 0. The SMILES string of the molecule is CC1(C)C=C2c3cccc(c3)OCCCCCCCCCC21. The summed E-state index contributed by atoms with van der Waals surface area (Å²) in [6.07, 6.45) is 13.2. The van der Waals surface area contributed by atoms with Gasteiger partial charge >= 0.3 is 0 Å². The number of benzene rings is 1. The van der Waals surface area contributed by atoms with E-state index < -0.39 is 0 Å². The number of hydrogen-bond acceptors (Lipinski definition) is 1. The third-order valence-electron chi connectivity index (χ3n) is 5.37. The van der Waals surface area contributed by atoms with Crippen molar-refractivity contribution in [3.8, 4) is 5.75 Å². The minimum atomic E-state index is 0.361. The van der Waals surface area contributed by atoms with Crippen LogP contribution in [0.15, 0.2) is 30.3 Å². The highest BCUT2D eigenvalue weighted by molar-refractivity contribution is 5.75. The van der Waals surface area contributed by atoms with Crippen molar-refractivity contribution in [2.24, 2.45) is 11.3 Å². The summed E-state index contributed by atoms with van der Waals surface area (Å²) in [5, 5.41) is 0. The highest BCUT2D eigenvalue weighted by atomic mass is 16.5. The van der Waals surface area contributed by atoms with Gasteiger partial charge in [-0.25, -0.2) is 0 Å². The highest BCUT2D eigenvalue weighted by Gasteiger charge is 2.39. The van der Waals surface area contributed by atoms with Crippen LogP contribution >= 0.6 is 0 Å². The number of allylic oxidation sites excluding steroid dienone is 2. The normalized spacial score (nSPS) is 25.5. The molecule has 1 aliphatic heterocycles. The van der Waals surface area contributed by atoms with Crippen molar-refractivity contribution in [2.75, 3.05) is 6.61 Å². The molecule has 1 unspecified atom stereocenters. The van der Waals surface area contributed by atoms with E-state index in [1.165, 1.54) is 56.9 Å². The van der Waals surface area contributed by atoms with Crippen molar-refractivity contribution >= 4 is 5.57 Å². The van der Waals surface area contributed by atoms with Crippen LogP contribution in [0.25, 0.3) is 5.57 Å². The molecule has 0 saturated heterocycles. The van der Waals surface area contributed by atoms with Crippen LogP contribution < -0.4 is 4.74 Å². The average molecular weight is 298 g/mol. The Kier molecular flexibility index (Phi) is 4.90. The number of fused-ring (bicyclic) bond motifs is 4. The Labute approximate surface area is 135 Å². The van der Waals surface area contributed by atoms with Crippen LogP contribution in [0.5, 0.6) is 5.75 Å². The zero-order valence-corrected chi connectivity index (χ0v) is 14.2. The lowest BCUT2D eigenvalue weighted by Crippen LogP contribution is -2.32.